The zero-order chi connectivity index (χ0) is 23.6. The molecule has 2 aromatic rings. The average molecular weight is 462 g/mol. The van der Waals surface area contributed by atoms with Crippen molar-refractivity contribution in [2.24, 2.45) is 0 Å². The minimum Gasteiger partial charge on any atom is -0.350 e. The third-order valence-electron chi connectivity index (χ3n) is 5.07. The van der Waals surface area contributed by atoms with Crippen molar-refractivity contribution < 1.29 is 27.2 Å². The molecule has 32 heavy (non-hydrogen) atoms. The Kier molecular flexibility index (Phi) is 6.63. The Bertz CT molecular complexity index is 1160. The fourth-order valence-electron chi connectivity index (χ4n) is 3.43. The molecular formula is C22H24FN3O5S. The maximum absolute atomic E-state index is 13.0. The van der Waals surface area contributed by atoms with E-state index in [0.29, 0.717) is 5.56 Å². The van der Waals surface area contributed by atoms with Crippen LogP contribution in [0.25, 0.3) is 0 Å². The molecule has 0 radical (unpaired) electrons. The Morgan fingerprint density at radius 2 is 1.78 bits per heavy atom. The van der Waals surface area contributed by atoms with E-state index in [2.05, 4.69) is 5.32 Å². The fourth-order valence-corrected chi connectivity index (χ4v) is 5.23. The summed E-state index contributed by atoms with van der Waals surface area (Å²) in [5, 5.41) is 2.67. The topological polar surface area (TPSA) is 104 Å². The van der Waals surface area contributed by atoms with Gasteiger partial charge < -0.3 is 10.2 Å². The maximum Gasteiger partial charge on any atom is 0.269 e. The Morgan fingerprint density at radius 3 is 2.38 bits per heavy atom. The molecule has 1 heterocycles. The van der Waals surface area contributed by atoms with Gasteiger partial charge in [-0.05, 0) is 56.7 Å². The molecule has 0 unspecified atom stereocenters. The van der Waals surface area contributed by atoms with Gasteiger partial charge >= 0.3 is 0 Å². The van der Waals surface area contributed by atoms with E-state index in [1.165, 1.54) is 35.2 Å². The summed E-state index contributed by atoms with van der Waals surface area (Å²) >= 11 is 0. The number of amides is 3. The molecule has 8 nitrogen and oxygen atoms in total. The lowest BCUT2D eigenvalue weighted by molar-refractivity contribution is -0.121. The average Bonchev–Trinajstić information content (AvgIpc) is 2.96. The van der Waals surface area contributed by atoms with Crippen molar-refractivity contribution in [1.82, 2.24) is 14.5 Å². The van der Waals surface area contributed by atoms with E-state index < -0.39 is 33.8 Å². The molecule has 3 amide bonds. The number of benzene rings is 2. The van der Waals surface area contributed by atoms with Crippen LogP contribution in [0, 0.1) is 5.82 Å². The van der Waals surface area contributed by atoms with Gasteiger partial charge in [-0.2, -0.15) is 0 Å². The molecule has 0 fully saturated rings. The third kappa shape index (κ3) is 4.50. The summed E-state index contributed by atoms with van der Waals surface area (Å²) in [6, 6.07) is 9.01. The second kappa shape index (κ2) is 9.07. The van der Waals surface area contributed by atoms with Crippen molar-refractivity contribution in [3.8, 4) is 0 Å². The van der Waals surface area contributed by atoms with Crippen LogP contribution in [-0.4, -0.2) is 54.5 Å². The number of carbonyl (C=O) groups excluding carboxylic acids is 3. The highest BCUT2D eigenvalue weighted by molar-refractivity contribution is 7.90. The van der Waals surface area contributed by atoms with Gasteiger partial charge in [-0.3, -0.25) is 14.4 Å². The van der Waals surface area contributed by atoms with Crippen LogP contribution in [0.1, 0.15) is 47.1 Å². The second-order valence-corrected chi connectivity index (χ2v) is 9.42. The molecule has 1 aliphatic rings. The van der Waals surface area contributed by atoms with E-state index in [-0.39, 0.29) is 41.5 Å². The van der Waals surface area contributed by atoms with Crippen molar-refractivity contribution in [1.29, 1.82) is 0 Å². The number of fused-ring (bicyclic) bond motifs is 1. The highest BCUT2D eigenvalue weighted by atomic mass is 32.2. The van der Waals surface area contributed by atoms with Gasteiger partial charge in [0, 0.05) is 24.7 Å². The maximum atomic E-state index is 13.0. The Hall–Kier alpha value is -3.27. The Balaban J connectivity index is 1.73. The largest absolute Gasteiger partial charge is 0.350 e. The van der Waals surface area contributed by atoms with Gasteiger partial charge in [-0.15, -0.1) is 0 Å². The van der Waals surface area contributed by atoms with Gasteiger partial charge in [0.2, 0.25) is 5.91 Å². The van der Waals surface area contributed by atoms with Crippen LogP contribution in [0.2, 0.25) is 0 Å². The van der Waals surface area contributed by atoms with Crippen molar-refractivity contribution in [3.05, 3.63) is 65.0 Å². The molecule has 0 aromatic heterocycles. The van der Waals surface area contributed by atoms with E-state index in [4.69, 9.17) is 0 Å². The van der Waals surface area contributed by atoms with E-state index >= 15 is 0 Å². The number of hydrogen-bond acceptors (Lipinski definition) is 5. The molecular weight excluding hydrogens is 437 g/mol. The molecule has 170 valence electrons. The highest BCUT2D eigenvalue weighted by Gasteiger charge is 2.43. The summed E-state index contributed by atoms with van der Waals surface area (Å²) in [6.45, 7) is 5.03. The summed E-state index contributed by atoms with van der Waals surface area (Å²) in [5.41, 5.74) is 0.798. The predicted molar refractivity (Wildman–Crippen MR) is 115 cm³/mol. The first-order valence-corrected chi connectivity index (χ1v) is 11.5. The van der Waals surface area contributed by atoms with Gasteiger partial charge in [0.15, 0.2) is 0 Å². The first-order chi connectivity index (χ1) is 15.1. The molecule has 0 aliphatic carbocycles. The van der Waals surface area contributed by atoms with Crippen molar-refractivity contribution in [3.63, 3.8) is 0 Å². The zero-order valence-electron chi connectivity index (χ0n) is 18.0. The lowest BCUT2D eigenvalue weighted by Gasteiger charge is -2.21. The van der Waals surface area contributed by atoms with Crippen LogP contribution in [0.4, 0.5) is 4.39 Å². The van der Waals surface area contributed by atoms with E-state index in [1.54, 1.807) is 32.9 Å². The second-order valence-electron chi connectivity index (χ2n) is 7.63. The summed E-state index contributed by atoms with van der Waals surface area (Å²) in [4.78, 5) is 38.8. The summed E-state index contributed by atoms with van der Waals surface area (Å²) < 4.78 is 39.3. The Labute approximate surface area is 186 Å². The minimum absolute atomic E-state index is 0.0235. The number of carbonyl (C=O) groups is 3. The molecule has 2 aromatic carbocycles. The zero-order valence-corrected chi connectivity index (χ0v) is 18.8. The lowest BCUT2D eigenvalue weighted by atomic mass is 10.1. The van der Waals surface area contributed by atoms with Crippen molar-refractivity contribution in [2.45, 2.75) is 38.3 Å². The molecule has 1 N–H and O–H groups in total. The van der Waals surface area contributed by atoms with Crippen LogP contribution in [-0.2, 0) is 21.4 Å². The number of halogens is 1. The normalized spacial score (nSPS) is 14.4. The molecule has 0 bridgehead atoms. The lowest BCUT2D eigenvalue weighted by Crippen LogP contribution is -2.40. The number of sulfonamides is 1. The van der Waals surface area contributed by atoms with Crippen LogP contribution in [0.15, 0.2) is 47.4 Å². The van der Waals surface area contributed by atoms with Crippen LogP contribution in [0.3, 0.4) is 0 Å². The standard InChI is InChI=1S/C22H24FN3O5S/c1-4-25(13-20(27)24-12-15-5-8-17(23)9-6-15)21(28)16-7-10-18-19(11-16)32(30,31)26(14(2)3)22(18)29/h5-11,14H,4,12-13H2,1-3H3,(H,24,27). The van der Waals surface area contributed by atoms with Crippen LogP contribution < -0.4 is 5.32 Å². The quantitative estimate of drug-likeness (QED) is 0.681. The third-order valence-corrected chi connectivity index (χ3v) is 7.07. The molecule has 3 rings (SSSR count). The first kappa shape index (κ1) is 23.4. The van der Waals surface area contributed by atoms with Gasteiger partial charge in [0.1, 0.15) is 10.7 Å². The van der Waals surface area contributed by atoms with E-state index in [0.717, 1.165) is 4.31 Å². The number of rotatable bonds is 7. The van der Waals surface area contributed by atoms with Crippen LogP contribution >= 0.6 is 0 Å². The fraction of sp³-hybridized carbons (Fsp3) is 0.318. The smallest absolute Gasteiger partial charge is 0.269 e. The van der Waals surface area contributed by atoms with Crippen LogP contribution in [0.5, 0.6) is 0 Å². The number of hydrogen-bond donors (Lipinski definition) is 1. The van der Waals surface area contributed by atoms with E-state index in [9.17, 15) is 27.2 Å². The summed E-state index contributed by atoms with van der Waals surface area (Å²) in [7, 11) is -4.04. The number of nitrogens with one attached hydrogen (secondary N) is 1. The monoisotopic (exact) mass is 461 g/mol. The summed E-state index contributed by atoms with van der Waals surface area (Å²) in [6.07, 6.45) is 0. The Morgan fingerprint density at radius 1 is 1.12 bits per heavy atom. The highest BCUT2D eigenvalue weighted by Crippen LogP contribution is 2.32. The van der Waals surface area contributed by atoms with Gasteiger partial charge in [0.25, 0.3) is 21.8 Å². The molecule has 0 atom stereocenters. The number of nitrogens with zero attached hydrogens (tertiary/aromatic N) is 2. The number of likely N-dealkylation sites (N-methyl/N-ethyl adjacent to an activating group) is 1. The molecule has 0 spiro atoms. The summed E-state index contributed by atoms with van der Waals surface area (Å²) in [5.74, 6) is -1.95. The van der Waals surface area contributed by atoms with Gasteiger partial charge in [-0.1, -0.05) is 12.1 Å². The molecule has 0 saturated carbocycles. The first-order valence-electron chi connectivity index (χ1n) is 10.1. The molecule has 10 heteroatoms. The van der Waals surface area contributed by atoms with Crippen molar-refractivity contribution in [2.75, 3.05) is 13.1 Å². The molecule has 0 saturated heterocycles. The van der Waals surface area contributed by atoms with E-state index in [1.807, 2.05) is 0 Å². The van der Waals surface area contributed by atoms with Gasteiger partial charge in [0.05, 0.1) is 12.1 Å². The van der Waals surface area contributed by atoms with Gasteiger partial charge in [-0.25, -0.2) is 17.1 Å². The molecule has 1 aliphatic heterocycles. The van der Waals surface area contributed by atoms with Crippen molar-refractivity contribution >= 4 is 27.7 Å². The SMILES string of the molecule is CCN(CC(=O)NCc1ccc(F)cc1)C(=O)c1ccc2c(c1)S(=O)(=O)N(C(C)C)C2=O. The predicted octanol–water partition coefficient (Wildman–Crippen LogP) is 2.16. The minimum atomic E-state index is -4.04.